The number of halogens is 3. The second-order valence-corrected chi connectivity index (χ2v) is 6.65. The number of methoxy groups -OCH3 is 1. The molecule has 0 amide bonds. The summed E-state index contributed by atoms with van der Waals surface area (Å²) in [7, 11) is 1.03. The molecule has 1 rings (SSSR count). The molecule has 0 saturated heterocycles. The molecule has 1 aromatic rings. The Morgan fingerprint density at radius 2 is 1.85 bits per heavy atom. The minimum atomic E-state index is -5.04. The maximum atomic E-state index is 12.3. The third-order valence-corrected chi connectivity index (χ3v) is 4.26. The third kappa shape index (κ3) is 8.18. The van der Waals surface area contributed by atoms with Gasteiger partial charge in [-0.3, -0.25) is 4.18 Å². The summed E-state index contributed by atoms with van der Waals surface area (Å²) in [5, 5.41) is 0. The normalized spacial score (nSPS) is 13.9. The van der Waals surface area contributed by atoms with Crippen molar-refractivity contribution < 1.29 is 35.8 Å². The van der Waals surface area contributed by atoms with Crippen LogP contribution in [0, 0.1) is 0 Å². The van der Waals surface area contributed by atoms with Crippen LogP contribution in [0.3, 0.4) is 0 Å². The van der Waals surface area contributed by atoms with E-state index in [1.54, 1.807) is 0 Å². The molecule has 0 spiro atoms. The predicted molar refractivity (Wildman–Crippen MR) is 90.9 cm³/mol. The van der Waals surface area contributed by atoms with E-state index in [-0.39, 0.29) is 6.42 Å². The van der Waals surface area contributed by atoms with Gasteiger partial charge in [-0.05, 0) is 43.4 Å². The number of rotatable bonds is 11. The predicted octanol–water partition coefficient (Wildman–Crippen LogP) is 3.93. The van der Waals surface area contributed by atoms with Gasteiger partial charge >= 0.3 is 11.5 Å². The molecule has 0 aromatic heterocycles. The van der Waals surface area contributed by atoms with Crippen molar-refractivity contribution in [3.05, 3.63) is 29.8 Å². The van der Waals surface area contributed by atoms with Crippen LogP contribution in [-0.2, 0) is 31.2 Å². The molecule has 0 heterocycles. The van der Waals surface area contributed by atoms with E-state index in [1.807, 2.05) is 24.3 Å². The average Bonchev–Trinajstić information content (AvgIpc) is 2.60. The van der Waals surface area contributed by atoms with Gasteiger partial charge in [0.15, 0.2) is 6.10 Å². The smallest absolute Gasteiger partial charge is 0.494 e. The molecule has 0 aliphatic heterocycles. The zero-order valence-electron chi connectivity index (χ0n) is 14.7. The van der Waals surface area contributed by atoms with Crippen LogP contribution in [0.1, 0.15) is 38.2 Å². The van der Waals surface area contributed by atoms with Gasteiger partial charge in [0, 0.05) is 0 Å². The van der Waals surface area contributed by atoms with E-state index in [0.29, 0.717) is 19.4 Å². The van der Waals surface area contributed by atoms with E-state index in [0.717, 1.165) is 31.3 Å². The summed E-state index contributed by atoms with van der Waals surface area (Å²) >= 11 is -3.56. The number of aryl methyl sites for hydroxylation is 1. The number of carbonyl (C=O) groups excluding carboxylic acids is 1. The fraction of sp³-hybridized carbons (Fsp3) is 0.588. The lowest BCUT2D eigenvalue weighted by molar-refractivity contribution is -0.149. The molecule has 0 bridgehead atoms. The number of unbranched alkanes of at least 4 members (excludes halogenated alkanes) is 1. The molecule has 5 nitrogen and oxygen atoms in total. The Labute approximate surface area is 153 Å². The summed E-state index contributed by atoms with van der Waals surface area (Å²) in [5.74, 6) is -0.235. The molecule has 0 saturated carbocycles. The molecule has 1 unspecified atom stereocenters. The van der Waals surface area contributed by atoms with Crippen LogP contribution in [0.4, 0.5) is 13.2 Å². The summed E-state index contributed by atoms with van der Waals surface area (Å²) in [6.45, 7) is 2.71. The maximum absolute atomic E-state index is 12.3. The van der Waals surface area contributed by atoms with Gasteiger partial charge < -0.3 is 9.47 Å². The van der Waals surface area contributed by atoms with Gasteiger partial charge in [0.1, 0.15) is 5.75 Å². The lowest BCUT2D eigenvalue weighted by Crippen LogP contribution is -2.31. The maximum Gasteiger partial charge on any atom is 0.497 e. The van der Waals surface area contributed by atoms with E-state index in [4.69, 9.17) is 4.74 Å². The lowest BCUT2D eigenvalue weighted by atomic mass is 10.1. The Bertz CT molecular complexity index is 575. The summed E-state index contributed by atoms with van der Waals surface area (Å²) in [6.07, 6.45) is 1.33. The van der Waals surface area contributed by atoms with Crippen LogP contribution in [0.2, 0.25) is 0 Å². The van der Waals surface area contributed by atoms with Crippen molar-refractivity contribution >= 4 is 17.0 Å². The molecule has 148 valence electrons. The monoisotopic (exact) mass is 396 g/mol. The van der Waals surface area contributed by atoms with Gasteiger partial charge in [-0.2, -0.15) is 13.2 Å². The molecule has 0 aliphatic rings. The topological polar surface area (TPSA) is 61.8 Å². The van der Waals surface area contributed by atoms with Gasteiger partial charge in [-0.25, -0.2) is 9.00 Å². The fourth-order valence-electron chi connectivity index (χ4n) is 2.08. The zero-order chi connectivity index (χ0) is 19.6. The molecular weight excluding hydrogens is 373 g/mol. The molecule has 26 heavy (non-hydrogen) atoms. The third-order valence-electron chi connectivity index (χ3n) is 3.48. The first-order chi connectivity index (χ1) is 12.3. The van der Waals surface area contributed by atoms with Gasteiger partial charge in [0.25, 0.3) is 11.1 Å². The van der Waals surface area contributed by atoms with Crippen LogP contribution in [0.5, 0.6) is 5.75 Å². The highest BCUT2D eigenvalue weighted by molar-refractivity contribution is 7.81. The minimum absolute atomic E-state index is 0.0384. The van der Waals surface area contributed by atoms with Gasteiger partial charge in [-0.15, -0.1) is 0 Å². The highest BCUT2D eigenvalue weighted by atomic mass is 32.2. The van der Waals surface area contributed by atoms with E-state index in [2.05, 4.69) is 15.8 Å². The number of hydrogen-bond donors (Lipinski definition) is 0. The van der Waals surface area contributed by atoms with Crippen LogP contribution in [0.15, 0.2) is 24.3 Å². The van der Waals surface area contributed by atoms with E-state index in [9.17, 15) is 22.2 Å². The van der Waals surface area contributed by atoms with Crippen LogP contribution < -0.4 is 4.74 Å². The molecular formula is C17H23F3O5S. The lowest BCUT2D eigenvalue weighted by Gasteiger charge is -2.15. The van der Waals surface area contributed by atoms with Crippen LogP contribution >= 0.6 is 0 Å². The van der Waals surface area contributed by atoms with Crippen molar-refractivity contribution in [2.24, 2.45) is 0 Å². The van der Waals surface area contributed by atoms with Crippen LogP contribution in [-0.4, -0.2) is 35.5 Å². The minimum Gasteiger partial charge on any atom is -0.494 e. The molecule has 0 aliphatic carbocycles. The summed E-state index contributed by atoms with van der Waals surface area (Å²) in [4.78, 5) is 11.5. The summed E-state index contributed by atoms with van der Waals surface area (Å²) in [5.41, 5.74) is -4.10. The Morgan fingerprint density at radius 1 is 1.19 bits per heavy atom. The first kappa shape index (κ1) is 22.4. The fourth-order valence-corrected chi connectivity index (χ4v) is 2.57. The summed E-state index contributed by atoms with van der Waals surface area (Å²) < 4.78 is 62.3. The molecule has 2 atom stereocenters. The van der Waals surface area contributed by atoms with E-state index >= 15 is 0 Å². The van der Waals surface area contributed by atoms with E-state index < -0.39 is 28.7 Å². The van der Waals surface area contributed by atoms with Crippen molar-refractivity contribution in [2.75, 3.05) is 13.7 Å². The Morgan fingerprint density at radius 3 is 2.38 bits per heavy atom. The second-order valence-electron chi connectivity index (χ2n) is 5.53. The van der Waals surface area contributed by atoms with Crippen LogP contribution in [0.25, 0.3) is 0 Å². The molecule has 9 heteroatoms. The van der Waals surface area contributed by atoms with Crippen molar-refractivity contribution in [1.29, 1.82) is 0 Å². The quantitative estimate of drug-likeness (QED) is 0.419. The SMILES string of the molecule is CCCCOc1ccc(CCC[C@@H](OS(=O)C(F)(F)F)C(=O)OC)cc1. The standard InChI is InChI=1S/C17H23F3O5S/c1-3-4-12-24-14-10-8-13(9-11-14)6-5-7-15(16(21)23-2)25-26(22)17(18,19)20/h8-11,15H,3-7,12H2,1-2H3/t15-,26?/m1/s1. The van der Waals surface area contributed by atoms with E-state index in [1.165, 1.54) is 0 Å². The van der Waals surface area contributed by atoms with Gasteiger partial charge in [0.05, 0.1) is 13.7 Å². The molecule has 0 fully saturated rings. The zero-order valence-corrected chi connectivity index (χ0v) is 15.5. The van der Waals surface area contributed by atoms with Crippen molar-refractivity contribution in [3.8, 4) is 5.75 Å². The van der Waals surface area contributed by atoms with Crippen molar-refractivity contribution in [2.45, 2.75) is 50.6 Å². The second kappa shape index (κ2) is 11.2. The Balaban J connectivity index is 2.51. The number of esters is 1. The summed E-state index contributed by atoms with van der Waals surface area (Å²) in [6, 6.07) is 7.34. The number of ether oxygens (including phenoxy) is 2. The number of benzene rings is 1. The van der Waals surface area contributed by atoms with Gasteiger partial charge in [0.2, 0.25) is 0 Å². The Kier molecular flexibility index (Phi) is 9.64. The van der Waals surface area contributed by atoms with Gasteiger partial charge in [-0.1, -0.05) is 25.5 Å². The highest BCUT2D eigenvalue weighted by Gasteiger charge is 2.41. The number of hydrogen-bond acceptors (Lipinski definition) is 5. The number of carbonyl (C=O) groups is 1. The largest absolute Gasteiger partial charge is 0.497 e. The highest BCUT2D eigenvalue weighted by Crippen LogP contribution is 2.23. The molecule has 0 radical (unpaired) electrons. The first-order valence-corrected chi connectivity index (χ1v) is 9.30. The molecule has 1 aromatic carbocycles. The number of alkyl halides is 3. The molecule has 0 N–H and O–H groups in total. The first-order valence-electron chi connectivity index (χ1n) is 8.23. The Hall–Kier alpha value is -1.61. The van der Waals surface area contributed by atoms with Crippen molar-refractivity contribution in [1.82, 2.24) is 0 Å². The average molecular weight is 396 g/mol. The van der Waals surface area contributed by atoms with Crippen molar-refractivity contribution in [3.63, 3.8) is 0 Å².